The van der Waals surface area contributed by atoms with E-state index in [0.29, 0.717) is 11.9 Å². The number of nitrogens with zero attached hydrogens (tertiary/aromatic N) is 1. The summed E-state index contributed by atoms with van der Waals surface area (Å²) in [5, 5.41) is 0. The van der Waals surface area contributed by atoms with E-state index in [4.69, 9.17) is 0 Å². The van der Waals surface area contributed by atoms with Gasteiger partial charge in [0.25, 0.3) is 0 Å². The zero-order valence-corrected chi connectivity index (χ0v) is 6.97. The van der Waals surface area contributed by atoms with E-state index in [2.05, 4.69) is 11.8 Å². The first-order valence-electron chi connectivity index (χ1n) is 4.38. The Morgan fingerprint density at radius 3 is 2.91 bits per heavy atom. The third kappa shape index (κ3) is 1.15. The minimum Gasteiger partial charge on any atom is -0.339 e. The van der Waals surface area contributed by atoms with Gasteiger partial charge in [-0.25, -0.2) is 0 Å². The molecule has 11 heavy (non-hydrogen) atoms. The molecule has 0 bridgehead atoms. The molecule has 2 aliphatic heterocycles. The summed E-state index contributed by atoms with van der Waals surface area (Å²) < 4.78 is 0. The smallest absolute Gasteiger partial charge is 0.222 e. The number of hydrogen-bond donors (Lipinski definition) is 0. The molecule has 0 aliphatic carbocycles. The van der Waals surface area contributed by atoms with Crippen LogP contribution in [-0.2, 0) is 4.79 Å². The molecule has 2 saturated heterocycles. The monoisotopic (exact) mass is 152 g/mol. The fourth-order valence-corrected chi connectivity index (χ4v) is 2.09. The van der Waals surface area contributed by atoms with Crippen LogP contribution in [0.15, 0.2) is 0 Å². The summed E-state index contributed by atoms with van der Waals surface area (Å²) in [6.07, 6.45) is 4.33. The fraction of sp³-hybridized carbons (Fsp3) is 0.778. The molecular formula is C9H14NO. The highest BCUT2D eigenvalue weighted by Gasteiger charge is 2.34. The number of fused-ring (bicyclic) bond motifs is 1. The van der Waals surface area contributed by atoms with Crippen molar-refractivity contribution in [3.8, 4) is 0 Å². The van der Waals surface area contributed by atoms with Gasteiger partial charge in [-0.2, -0.15) is 0 Å². The number of rotatable bonds is 0. The Kier molecular flexibility index (Phi) is 1.63. The summed E-state index contributed by atoms with van der Waals surface area (Å²) in [6, 6.07) is 0.589. The van der Waals surface area contributed by atoms with E-state index in [1.54, 1.807) is 0 Å². The fourth-order valence-electron chi connectivity index (χ4n) is 2.09. The predicted octanol–water partition coefficient (Wildman–Crippen LogP) is 1.37. The Bertz CT molecular complexity index is 178. The van der Waals surface area contributed by atoms with E-state index in [9.17, 15) is 4.79 Å². The van der Waals surface area contributed by atoms with Gasteiger partial charge in [0.15, 0.2) is 0 Å². The quantitative estimate of drug-likeness (QED) is 0.513. The van der Waals surface area contributed by atoms with Gasteiger partial charge < -0.3 is 4.90 Å². The highest BCUT2D eigenvalue weighted by Crippen LogP contribution is 2.30. The van der Waals surface area contributed by atoms with Crippen LogP contribution in [0.2, 0.25) is 0 Å². The summed E-state index contributed by atoms with van der Waals surface area (Å²) in [7, 11) is 0. The zero-order chi connectivity index (χ0) is 7.84. The predicted molar refractivity (Wildman–Crippen MR) is 42.9 cm³/mol. The summed E-state index contributed by atoms with van der Waals surface area (Å²) in [4.78, 5) is 13.3. The van der Waals surface area contributed by atoms with Crippen molar-refractivity contribution >= 4 is 5.91 Å². The molecule has 0 saturated carbocycles. The summed E-state index contributed by atoms with van der Waals surface area (Å²) >= 11 is 0. The lowest BCUT2D eigenvalue weighted by Crippen LogP contribution is -2.39. The first kappa shape index (κ1) is 7.14. The Hall–Kier alpha value is -0.530. The van der Waals surface area contributed by atoms with Crippen molar-refractivity contribution in [3.63, 3.8) is 0 Å². The van der Waals surface area contributed by atoms with Crippen LogP contribution < -0.4 is 0 Å². The van der Waals surface area contributed by atoms with Gasteiger partial charge in [-0.15, -0.1) is 0 Å². The molecule has 0 spiro atoms. The molecule has 2 heterocycles. The second kappa shape index (κ2) is 2.50. The molecule has 0 aromatic carbocycles. The minimum absolute atomic E-state index is 0.369. The van der Waals surface area contributed by atoms with Crippen LogP contribution in [0, 0.1) is 5.92 Å². The average Bonchev–Trinajstić information content (AvgIpc) is 2.33. The minimum atomic E-state index is 0.369. The van der Waals surface area contributed by atoms with E-state index >= 15 is 0 Å². The van der Waals surface area contributed by atoms with Gasteiger partial charge in [0.2, 0.25) is 5.91 Å². The maximum absolute atomic E-state index is 11.3. The maximum atomic E-state index is 11.3. The third-order valence-corrected chi connectivity index (χ3v) is 2.80. The van der Waals surface area contributed by atoms with Crippen LogP contribution in [0.25, 0.3) is 0 Å². The van der Waals surface area contributed by atoms with Crippen molar-refractivity contribution in [3.05, 3.63) is 5.92 Å². The van der Waals surface area contributed by atoms with Crippen LogP contribution >= 0.6 is 0 Å². The lowest BCUT2D eigenvalue weighted by Gasteiger charge is -2.33. The molecule has 2 heteroatoms. The van der Waals surface area contributed by atoms with Crippen LogP contribution in [0.3, 0.4) is 0 Å². The largest absolute Gasteiger partial charge is 0.339 e. The first-order chi connectivity index (χ1) is 5.27. The van der Waals surface area contributed by atoms with E-state index in [-0.39, 0.29) is 0 Å². The summed E-state index contributed by atoms with van der Waals surface area (Å²) in [5.74, 6) is 1.84. The van der Waals surface area contributed by atoms with E-state index in [1.165, 1.54) is 18.8 Å². The molecule has 1 atom stereocenters. The Labute approximate surface area is 67.6 Å². The molecule has 1 radical (unpaired) electrons. The standard InChI is InChI=1S/C9H14NO/c1-7-2-3-8-4-5-9(11)10(8)6-7/h8H,2-6H2,1H3. The van der Waals surface area contributed by atoms with Gasteiger partial charge in [0, 0.05) is 19.0 Å². The molecule has 2 fully saturated rings. The van der Waals surface area contributed by atoms with Gasteiger partial charge in [0.1, 0.15) is 0 Å². The van der Waals surface area contributed by atoms with Crippen LogP contribution in [0.4, 0.5) is 0 Å². The second-order valence-corrected chi connectivity index (χ2v) is 3.71. The highest BCUT2D eigenvalue weighted by molar-refractivity contribution is 5.79. The normalized spacial score (nSPS) is 32.6. The number of carbonyl (C=O) groups excluding carboxylic acids is 1. The third-order valence-electron chi connectivity index (χ3n) is 2.80. The van der Waals surface area contributed by atoms with Gasteiger partial charge in [-0.3, -0.25) is 4.79 Å². The molecule has 2 nitrogen and oxygen atoms in total. The van der Waals surface area contributed by atoms with Crippen molar-refractivity contribution in [2.75, 3.05) is 6.54 Å². The average molecular weight is 152 g/mol. The lowest BCUT2D eigenvalue weighted by atomic mass is 9.95. The van der Waals surface area contributed by atoms with Gasteiger partial charge in [-0.05, 0) is 25.2 Å². The number of piperidine rings is 1. The number of carbonyl (C=O) groups is 1. The van der Waals surface area contributed by atoms with Gasteiger partial charge >= 0.3 is 0 Å². The Balaban J connectivity index is 2.07. The van der Waals surface area contributed by atoms with Crippen LogP contribution in [0.1, 0.15) is 32.6 Å². The molecule has 2 rings (SSSR count). The lowest BCUT2D eigenvalue weighted by molar-refractivity contribution is -0.129. The topological polar surface area (TPSA) is 20.3 Å². The zero-order valence-electron chi connectivity index (χ0n) is 6.97. The summed E-state index contributed by atoms with van der Waals surface area (Å²) in [5.41, 5.74) is 0. The Morgan fingerprint density at radius 1 is 1.36 bits per heavy atom. The van der Waals surface area contributed by atoms with Crippen molar-refractivity contribution < 1.29 is 4.79 Å². The molecular weight excluding hydrogens is 138 g/mol. The first-order valence-corrected chi connectivity index (χ1v) is 4.38. The molecule has 2 aliphatic rings. The van der Waals surface area contributed by atoms with Crippen molar-refractivity contribution in [2.45, 2.75) is 38.6 Å². The molecule has 0 aromatic rings. The summed E-state index contributed by atoms with van der Waals surface area (Å²) in [6.45, 7) is 3.09. The molecule has 0 aromatic heterocycles. The maximum Gasteiger partial charge on any atom is 0.222 e. The highest BCUT2D eigenvalue weighted by atomic mass is 16.2. The second-order valence-electron chi connectivity index (χ2n) is 3.71. The van der Waals surface area contributed by atoms with Crippen molar-refractivity contribution in [1.29, 1.82) is 0 Å². The van der Waals surface area contributed by atoms with Crippen molar-refractivity contribution in [1.82, 2.24) is 4.90 Å². The van der Waals surface area contributed by atoms with Crippen molar-refractivity contribution in [2.24, 2.45) is 0 Å². The van der Waals surface area contributed by atoms with Gasteiger partial charge in [-0.1, -0.05) is 6.92 Å². The van der Waals surface area contributed by atoms with Gasteiger partial charge in [0.05, 0.1) is 0 Å². The van der Waals surface area contributed by atoms with E-state index in [1.807, 2.05) is 0 Å². The van der Waals surface area contributed by atoms with E-state index in [0.717, 1.165) is 19.4 Å². The number of amides is 1. The molecule has 1 unspecified atom stereocenters. The van der Waals surface area contributed by atoms with E-state index < -0.39 is 0 Å². The molecule has 1 amide bonds. The SMILES string of the molecule is C[C]1CCC2CCC(=O)N2C1. The van der Waals surface area contributed by atoms with Crippen LogP contribution in [0.5, 0.6) is 0 Å². The Morgan fingerprint density at radius 2 is 2.09 bits per heavy atom. The number of hydrogen-bond acceptors (Lipinski definition) is 1. The van der Waals surface area contributed by atoms with Crippen LogP contribution in [-0.4, -0.2) is 23.4 Å². The molecule has 0 N–H and O–H groups in total. The molecule has 61 valence electrons.